The predicted octanol–water partition coefficient (Wildman–Crippen LogP) is 1.41. The van der Waals surface area contributed by atoms with E-state index in [-0.39, 0.29) is 23.0 Å². The number of nitrogens with one attached hydrogen (secondary N) is 3. The number of methoxy groups -OCH3 is 1. The molecule has 5 N–H and O–H groups in total. The molecule has 9 nitrogen and oxygen atoms in total. The number of hydrogen-bond acceptors (Lipinski definition) is 7. The molecular formula is C20H32N4O5S. The Bertz CT molecular complexity index is 957. The van der Waals surface area contributed by atoms with Gasteiger partial charge in [-0.15, -0.1) is 0 Å². The Morgan fingerprint density at radius 2 is 1.90 bits per heavy atom. The zero-order chi connectivity index (χ0) is 22.9. The number of carbonyl (C=O) groups excluding carboxylic acids is 1. The Morgan fingerprint density at radius 3 is 2.50 bits per heavy atom. The Labute approximate surface area is 178 Å². The molecule has 1 aromatic rings. The van der Waals surface area contributed by atoms with Crippen LogP contribution in [0.3, 0.4) is 0 Å². The molecule has 0 amide bonds. The van der Waals surface area contributed by atoms with Crippen molar-refractivity contribution in [3.63, 3.8) is 0 Å². The Kier molecular flexibility index (Phi) is 7.03. The highest BCUT2D eigenvalue weighted by Crippen LogP contribution is 2.43. The van der Waals surface area contributed by atoms with Crippen LogP contribution in [0.2, 0.25) is 0 Å². The zero-order valence-electron chi connectivity index (χ0n) is 18.4. The zero-order valence-corrected chi connectivity index (χ0v) is 19.2. The molecule has 0 saturated carbocycles. The van der Waals surface area contributed by atoms with Crippen LogP contribution in [0.15, 0.2) is 4.90 Å². The lowest BCUT2D eigenvalue weighted by Crippen LogP contribution is -2.41. The molecule has 0 radical (unpaired) electrons. The van der Waals surface area contributed by atoms with Crippen LogP contribution in [0.4, 0.5) is 0 Å². The quantitative estimate of drug-likeness (QED) is 0.217. The maximum atomic E-state index is 13.1. The number of hydrogen-bond donors (Lipinski definition) is 4. The van der Waals surface area contributed by atoms with Crippen LogP contribution >= 0.6 is 0 Å². The van der Waals surface area contributed by atoms with E-state index in [1.54, 1.807) is 13.8 Å². The van der Waals surface area contributed by atoms with Gasteiger partial charge < -0.3 is 20.5 Å². The monoisotopic (exact) mass is 440 g/mol. The summed E-state index contributed by atoms with van der Waals surface area (Å²) in [5.41, 5.74) is 8.19. The van der Waals surface area contributed by atoms with Crippen LogP contribution in [0.5, 0.6) is 5.75 Å². The second-order valence-electron chi connectivity index (χ2n) is 8.23. The summed E-state index contributed by atoms with van der Waals surface area (Å²) >= 11 is 0. The van der Waals surface area contributed by atoms with Gasteiger partial charge in [-0.25, -0.2) is 13.1 Å². The molecule has 0 fully saturated rings. The van der Waals surface area contributed by atoms with Crippen LogP contribution in [-0.4, -0.2) is 45.6 Å². The van der Waals surface area contributed by atoms with Crippen LogP contribution in [0, 0.1) is 26.2 Å². The minimum atomic E-state index is -3.96. The first-order valence-electron chi connectivity index (χ1n) is 9.81. The number of ether oxygens (including phenoxy) is 2. The first kappa shape index (κ1) is 23.9. The lowest BCUT2D eigenvalue weighted by atomic mass is 9.94. The molecule has 0 unspecified atom stereocenters. The van der Waals surface area contributed by atoms with E-state index in [4.69, 9.17) is 15.9 Å². The van der Waals surface area contributed by atoms with Gasteiger partial charge in [0, 0.05) is 18.5 Å². The summed E-state index contributed by atoms with van der Waals surface area (Å²) < 4.78 is 39.0. The van der Waals surface area contributed by atoms with Gasteiger partial charge in [0.2, 0.25) is 5.96 Å². The second-order valence-corrected chi connectivity index (χ2v) is 9.85. The highest BCUT2D eigenvalue weighted by molar-refractivity contribution is 7.90. The van der Waals surface area contributed by atoms with Gasteiger partial charge in [0.1, 0.15) is 17.4 Å². The summed E-state index contributed by atoms with van der Waals surface area (Å²) in [5.74, 6) is -0.0878. The normalized spacial score (nSPS) is 15.7. The molecule has 168 valence electrons. The van der Waals surface area contributed by atoms with Gasteiger partial charge in [-0.05, 0) is 64.2 Å². The predicted molar refractivity (Wildman–Crippen MR) is 114 cm³/mol. The molecule has 0 bridgehead atoms. The molecule has 30 heavy (non-hydrogen) atoms. The third kappa shape index (κ3) is 5.04. The standard InChI is InChI=1S/C20H32N4O5S/c1-11-12(2)17(13(3)14-10-20(4,5)29-16(11)14)30(26,27)24-19(22)23-9-7-8-15(21)18(25)28-6/h15H,7-10,21H2,1-6H3,(H3,22,23,24)/t15-/m0/s1. The van der Waals surface area contributed by atoms with Gasteiger partial charge in [-0.2, -0.15) is 0 Å². The van der Waals surface area contributed by atoms with Gasteiger partial charge in [0.25, 0.3) is 10.0 Å². The molecule has 0 aromatic heterocycles. The summed E-state index contributed by atoms with van der Waals surface area (Å²) in [7, 11) is -2.70. The van der Waals surface area contributed by atoms with E-state index in [2.05, 4.69) is 14.8 Å². The fourth-order valence-electron chi connectivity index (χ4n) is 3.67. The van der Waals surface area contributed by atoms with E-state index >= 15 is 0 Å². The molecule has 1 aromatic carbocycles. The fourth-order valence-corrected chi connectivity index (χ4v) is 5.20. The number of guanidine groups is 1. The average molecular weight is 441 g/mol. The van der Waals surface area contributed by atoms with E-state index < -0.39 is 22.0 Å². The number of esters is 1. The maximum Gasteiger partial charge on any atom is 0.322 e. The van der Waals surface area contributed by atoms with E-state index in [0.717, 1.165) is 16.9 Å². The number of fused-ring (bicyclic) bond motifs is 1. The van der Waals surface area contributed by atoms with Crippen molar-refractivity contribution in [2.45, 2.75) is 70.4 Å². The van der Waals surface area contributed by atoms with E-state index in [0.29, 0.717) is 30.4 Å². The van der Waals surface area contributed by atoms with Crippen LogP contribution in [0.1, 0.15) is 48.9 Å². The summed E-state index contributed by atoms with van der Waals surface area (Å²) in [6.45, 7) is 9.60. The highest BCUT2D eigenvalue weighted by Gasteiger charge is 2.36. The molecule has 1 atom stereocenters. The molecule has 10 heteroatoms. The smallest absolute Gasteiger partial charge is 0.322 e. The average Bonchev–Trinajstić information content (AvgIpc) is 2.98. The highest BCUT2D eigenvalue weighted by atomic mass is 32.2. The van der Waals surface area contributed by atoms with Gasteiger partial charge in [0.15, 0.2) is 0 Å². The third-order valence-electron chi connectivity index (χ3n) is 5.29. The van der Waals surface area contributed by atoms with Crippen molar-refractivity contribution >= 4 is 22.0 Å². The van der Waals surface area contributed by atoms with Crippen molar-refractivity contribution in [1.29, 1.82) is 5.41 Å². The van der Waals surface area contributed by atoms with Crippen molar-refractivity contribution in [3.05, 3.63) is 22.3 Å². The lowest BCUT2D eigenvalue weighted by Gasteiger charge is -2.19. The van der Waals surface area contributed by atoms with Gasteiger partial charge in [-0.3, -0.25) is 10.2 Å². The number of nitrogens with two attached hydrogens (primary N) is 1. The third-order valence-corrected chi connectivity index (χ3v) is 6.92. The minimum absolute atomic E-state index is 0.180. The van der Waals surface area contributed by atoms with Crippen LogP contribution in [0.25, 0.3) is 0 Å². The van der Waals surface area contributed by atoms with Crippen molar-refractivity contribution in [2.24, 2.45) is 5.73 Å². The first-order valence-corrected chi connectivity index (χ1v) is 11.3. The second kappa shape index (κ2) is 8.81. The number of rotatable bonds is 7. The lowest BCUT2D eigenvalue weighted by molar-refractivity contribution is -0.142. The fraction of sp³-hybridized carbons (Fsp3) is 0.600. The van der Waals surface area contributed by atoms with E-state index in [1.807, 2.05) is 20.8 Å². The van der Waals surface area contributed by atoms with Crippen LogP contribution < -0.4 is 20.5 Å². The Morgan fingerprint density at radius 1 is 1.27 bits per heavy atom. The van der Waals surface area contributed by atoms with Gasteiger partial charge >= 0.3 is 5.97 Å². The van der Waals surface area contributed by atoms with Gasteiger partial charge in [0.05, 0.1) is 12.0 Å². The number of carbonyl (C=O) groups is 1. The van der Waals surface area contributed by atoms with Crippen molar-refractivity contribution in [1.82, 2.24) is 10.0 Å². The first-order chi connectivity index (χ1) is 13.8. The Balaban J connectivity index is 2.11. The molecule has 2 rings (SSSR count). The molecule has 0 aliphatic carbocycles. The van der Waals surface area contributed by atoms with Gasteiger partial charge in [-0.1, -0.05) is 0 Å². The van der Waals surface area contributed by atoms with Crippen molar-refractivity contribution in [3.8, 4) is 5.75 Å². The number of sulfonamides is 1. The Hall–Kier alpha value is -2.33. The van der Waals surface area contributed by atoms with E-state index in [1.165, 1.54) is 7.11 Å². The molecule has 1 aliphatic heterocycles. The topological polar surface area (TPSA) is 144 Å². The molecule has 1 heterocycles. The molecule has 0 saturated heterocycles. The van der Waals surface area contributed by atoms with E-state index in [9.17, 15) is 13.2 Å². The minimum Gasteiger partial charge on any atom is -0.487 e. The summed E-state index contributed by atoms with van der Waals surface area (Å²) in [4.78, 5) is 11.5. The van der Waals surface area contributed by atoms with Crippen molar-refractivity contribution < 1.29 is 22.7 Å². The summed E-state index contributed by atoms with van der Waals surface area (Å²) in [6.07, 6.45) is 1.45. The molecular weight excluding hydrogens is 408 g/mol. The molecule has 0 spiro atoms. The maximum absolute atomic E-state index is 13.1. The SMILES string of the molecule is COC(=O)[C@@H](N)CCCNC(=N)NS(=O)(=O)c1c(C)c(C)c2c(c1C)CC(C)(C)O2. The largest absolute Gasteiger partial charge is 0.487 e. The van der Waals surface area contributed by atoms with Crippen molar-refractivity contribution in [2.75, 3.05) is 13.7 Å². The number of benzene rings is 1. The van der Waals surface area contributed by atoms with Crippen LogP contribution in [-0.2, 0) is 26.0 Å². The summed E-state index contributed by atoms with van der Waals surface area (Å²) in [6, 6.07) is -0.742. The summed E-state index contributed by atoms with van der Waals surface area (Å²) in [5, 5.41) is 10.7. The molecule has 1 aliphatic rings.